The molecule has 3 aromatic rings. The number of hydrogen-bond donors (Lipinski definition) is 2. The molecule has 30 heavy (non-hydrogen) atoms. The van der Waals surface area contributed by atoms with Crippen LogP contribution in [0.3, 0.4) is 0 Å². The minimum Gasteiger partial charge on any atom is -0.275 e. The van der Waals surface area contributed by atoms with Crippen LogP contribution in [-0.4, -0.2) is 35.7 Å². The molecule has 0 unspecified atom stereocenters. The van der Waals surface area contributed by atoms with Gasteiger partial charge in [0.25, 0.3) is 10.0 Å². The third-order valence-electron chi connectivity index (χ3n) is 3.70. The lowest BCUT2D eigenvalue weighted by Gasteiger charge is -2.10. The lowest BCUT2D eigenvalue weighted by atomic mass is 10.1. The minimum absolute atomic E-state index is 0.0239. The summed E-state index contributed by atoms with van der Waals surface area (Å²) in [5.41, 5.74) is 0.756. The van der Waals surface area contributed by atoms with Gasteiger partial charge in [0.2, 0.25) is 5.95 Å². The highest BCUT2D eigenvalue weighted by atomic mass is 35.5. The normalized spacial score (nSPS) is 11.2. The summed E-state index contributed by atoms with van der Waals surface area (Å²) in [5, 5.41) is 2.59. The Bertz CT molecular complexity index is 1180. The number of aromatic nitrogens is 3. The molecule has 1 aromatic heterocycles. The van der Waals surface area contributed by atoms with Crippen molar-refractivity contribution in [1.82, 2.24) is 19.7 Å². The van der Waals surface area contributed by atoms with Crippen LogP contribution < -0.4 is 10.0 Å². The number of urea groups is 1. The van der Waals surface area contributed by atoms with Gasteiger partial charge in [0.1, 0.15) is 16.5 Å². The lowest BCUT2D eigenvalue weighted by Crippen LogP contribution is -2.35. The molecular weight excluding hydrogens is 453 g/mol. The Labute approximate surface area is 181 Å². The summed E-state index contributed by atoms with van der Waals surface area (Å²) >= 11 is 7.11. The summed E-state index contributed by atoms with van der Waals surface area (Å²) in [6, 6.07) is 10.5. The van der Waals surface area contributed by atoms with Crippen molar-refractivity contribution in [2.45, 2.75) is 16.5 Å². The number of carbonyl (C=O) groups excluding carboxylic acids is 1. The first-order valence-corrected chi connectivity index (χ1v) is 11.5. The average Bonchev–Trinajstić information content (AvgIpc) is 2.69. The minimum atomic E-state index is -4.19. The van der Waals surface area contributed by atoms with Crippen molar-refractivity contribution in [2.75, 3.05) is 11.6 Å². The van der Waals surface area contributed by atoms with Crippen LogP contribution in [-0.2, 0) is 16.4 Å². The van der Waals surface area contributed by atoms with Gasteiger partial charge in [-0.3, -0.25) is 5.32 Å². The van der Waals surface area contributed by atoms with E-state index in [0.717, 1.165) is 5.56 Å². The Morgan fingerprint density at radius 3 is 2.47 bits per heavy atom. The molecular formula is C18H15ClFN5O3S2. The first kappa shape index (κ1) is 21.9. The smallest absolute Gasteiger partial charge is 0.275 e. The highest BCUT2D eigenvalue weighted by Crippen LogP contribution is 2.20. The standard InChI is InChI=1S/C18H15ClFN5O3S2/c1-29-18-22-15(10-11-6-8-12(20)9-7-11)21-16(24-18)23-17(26)25-30(27,28)14-5-3-2-4-13(14)19/h2-9H,10H2,1H3,(H2,21,22,23,24,25,26). The molecule has 0 spiro atoms. The Morgan fingerprint density at radius 2 is 1.80 bits per heavy atom. The summed E-state index contributed by atoms with van der Waals surface area (Å²) in [6.45, 7) is 0. The van der Waals surface area contributed by atoms with Crippen molar-refractivity contribution in [3.05, 3.63) is 70.8 Å². The molecule has 2 N–H and O–H groups in total. The third kappa shape index (κ3) is 5.65. The van der Waals surface area contributed by atoms with E-state index in [4.69, 9.17) is 11.6 Å². The number of anilines is 1. The van der Waals surface area contributed by atoms with E-state index in [2.05, 4.69) is 20.3 Å². The van der Waals surface area contributed by atoms with Crippen molar-refractivity contribution in [2.24, 2.45) is 0 Å². The fourth-order valence-electron chi connectivity index (χ4n) is 2.38. The third-order valence-corrected chi connectivity index (χ3v) is 6.08. The second-order valence-corrected chi connectivity index (χ2v) is 8.69. The lowest BCUT2D eigenvalue weighted by molar-refractivity contribution is 0.256. The summed E-state index contributed by atoms with van der Waals surface area (Å²) in [6.07, 6.45) is 2.01. The van der Waals surface area contributed by atoms with Crippen LogP contribution in [0.15, 0.2) is 58.6 Å². The van der Waals surface area contributed by atoms with E-state index in [1.165, 1.54) is 42.1 Å². The second-order valence-electron chi connectivity index (χ2n) is 5.86. The molecule has 0 bridgehead atoms. The molecule has 0 fully saturated rings. The van der Waals surface area contributed by atoms with Crippen LogP contribution in [0.1, 0.15) is 11.4 Å². The zero-order valence-electron chi connectivity index (χ0n) is 15.5. The molecule has 3 rings (SSSR count). The Morgan fingerprint density at radius 1 is 1.10 bits per heavy atom. The molecule has 0 radical (unpaired) electrons. The quantitative estimate of drug-likeness (QED) is 0.533. The molecule has 8 nitrogen and oxygen atoms in total. The van der Waals surface area contributed by atoms with Gasteiger partial charge in [-0.25, -0.2) is 27.3 Å². The van der Waals surface area contributed by atoms with Crippen molar-refractivity contribution in [1.29, 1.82) is 0 Å². The molecule has 1 heterocycles. The van der Waals surface area contributed by atoms with Crippen LogP contribution in [0.2, 0.25) is 5.02 Å². The number of carbonyl (C=O) groups is 1. The molecule has 0 atom stereocenters. The predicted octanol–water partition coefficient (Wildman–Crippen LogP) is 3.49. The SMILES string of the molecule is CSc1nc(Cc2ccc(F)cc2)nc(NC(=O)NS(=O)(=O)c2ccccc2Cl)n1. The zero-order chi connectivity index (χ0) is 21.7. The maximum absolute atomic E-state index is 13.1. The molecule has 0 aliphatic carbocycles. The van der Waals surface area contributed by atoms with Crippen LogP contribution in [0, 0.1) is 5.82 Å². The number of halogens is 2. The maximum atomic E-state index is 13.1. The van der Waals surface area contributed by atoms with Crippen LogP contribution in [0.5, 0.6) is 0 Å². The number of nitrogens with zero attached hydrogens (tertiary/aromatic N) is 3. The molecule has 2 aromatic carbocycles. The van der Waals surface area contributed by atoms with E-state index in [1.54, 1.807) is 24.5 Å². The Hall–Kier alpha value is -2.76. The summed E-state index contributed by atoms with van der Waals surface area (Å²) in [5.74, 6) is -0.165. The molecule has 0 aliphatic rings. The number of rotatable bonds is 6. The van der Waals surface area contributed by atoms with E-state index < -0.39 is 16.1 Å². The number of nitrogens with one attached hydrogen (secondary N) is 2. The van der Waals surface area contributed by atoms with E-state index in [-0.39, 0.29) is 28.1 Å². The fraction of sp³-hybridized carbons (Fsp3) is 0.111. The van der Waals surface area contributed by atoms with Crippen LogP contribution >= 0.6 is 23.4 Å². The van der Waals surface area contributed by atoms with Crippen LogP contribution in [0.4, 0.5) is 15.1 Å². The summed E-state index contributed by atoms with van der Waals surface area (Å²) in [7, 11) is -4.19. The molecule has 156 valence electrons. The number of thioether (sulfide) groups is 1. The maximum Gasteiger partial charge on any atom is 0.335 e. The molecule has 0 saturated carbocycles. The highest BCUT2D eigenvalue weighted by molar-refractivity contribution is 7.98. The molecule has 0 aliphatic heterocycles. The first-order valence-electron chi connectivity index (χ1n) is 8.38. The van der Waals surface area contributed by atoms with Crippen molar-refractivity contribution in [3.63, 3.8) is 0 Å². The van der Waals surface area contributed by atoms with Gasteiger partial charge in [-0.2, -0.15) is 9.97 Å². The molecule has 0 saturated heterocycles. The predicted molar refractivity (Wildman–Crippen MR) is 112 cm³/mol. The van der Waals surface area contributed by atoms with E-state index >= 15 is 0 Å². The number of benzene rings is 2. The number of amides is 2. The average molecular weight is 468 g/mol. The van der Waals surface area contributed by atoms with E-state index in [9.17, 15) is 17.6 Å². The van der Waals surface area contributed by atoms with Gasteiger partial charge in [0, 0.05) is 6.42 Å². The van der Waals surface area contributed by atoms with Crippen LogP contribution in [0.25, 0.3) is 0 Å². The highest BCUT2D eigenvalue weighted by Gasteiger charge is 2.21. The van der Waals surface area contributed by atoms with Crippen molar-refractivity contribution >= 4 is 45.4 Å². The number of sulfonamides is 1. The van der Waals surface area contributed by atoms with E-state index in [1.807, 2.05) is 4.72 Å². The topological polar surface area (TPSA) is 114 Å². The van der Waals surface area contributed by atoms with Gasteiger partial charge < -0.3 is 0 Å². The number of hydrogen-bond acceptors (Lipinski definition) is 7. The van der Waals surface area contributed by atoms with Gasteiger partial charge in [-0.15, -0.1) is 0 Å². The molecule has 12 heteroatoms. The largest absolute Gasteiger partial charge is 0.335 e. The monoisotopic (exact) mass is 467 g/mol. The zero-order valence-corrected chi connectivity index (χ0v) is 17.9. The fourth-order valence-corrected chi connectivity index (χ4v) is 4.18. The summed E-state index contributed by atoms with van der Waals surface area (Å²) < 4.78 is 39.7. The van der Waals surface area contributed by atoms with Crippen molar-refractivity contribution < 1.29 is 17.6 Å². The van der Waals surface area contributed by atoms with Gasteiger partial charge in [0.15, 0.2) is 5.16 Å². The van der Waals surface area contributed by atoms with E-state index in [0.29, 0.717) is 11.0 Å². The van der Waals surface area contributed by atoms with Gasteiger partial charge in [0.05, 0.1) is 5.02 Å². The van der Waals surface area contributed by atoms with Gasteiger partial charge >= 0.3 is 6.03 Å². The van der Waals surface area contributed by atoms with Gasteiger partial charge in [-0.05, 0) is 36.1 Å². The van der Waals surface area contributed by atoms with Crippen molar-refractivity contribution in [3.8, 4) is 0 Å². The van der Waals surface area contributed by atoms with Gasteiger partial charge in [-0.1, -0.05) is 47.6 Å². The first-order chi connectivity index (χ1) is 14.3. The molecule has 2 amide bonds. The second kappa shape index (κ2) is 9.37. The Kier molecular flexibility index (Phi) is 6.85. The Balaban J connectivity index is 1.77. The summed E-state index contributed by atoms with van der Waals surface area (Å²) in [4.78, 5) is 24.4.